The Morgan fingerprint density at radius 2 is 1.50 bits per heavy atom. The molecule has 11 heteroatoms. The number of nitrogens with one attached hydrogen (secondary N) is 1. The molecule has 0 aliphatic heterocycles. The van der Waals surface area contributed by atoms with Crippen LogP contribution in [0.4, 0.5) is 5.82 Å². The summed E-state index contributed by atoms with van der Waals surface area (Å²) in [4.78, 5) is 16.9. The van der Waals surface area contributed by atoms with Crippen LogP contribution >= 0.6 is 11.6 Å². The van der Waals surface area contributed by atoms with Gasteiger partial charge in [0, 0.05) is 12.4 Å². The minimum atomic E-state index is -4.07. The van der Waals surface area contributed by atoms with Gasteiger partial charge >= 0.3 is 0 Å². The fourth-order valence-electron chi connectivity index (χ4n) is 3.23. The summed E-state index contributed by atoms with van der Waals surface area (Å²) in [5.74, 6) is 0.616. The van der Waals surface area contributed by atoms with Crippen LogP contribution < -0.4 is 14.2 Å². The molecule has 186 valence electrons. The number of rotatable bonds is 7. The highest BCUT2D eigenvalue weighted by atomic mass is 35.5. The maximum absolute atomic E-state index is 13.3. The van der Waals surface area contributed by atoms with Gasteiger partial charge in [-0.2, -0.15) is 0 Å². The van der Waals surface area contributed by atoms with Crippen molar-refractivity contribution in [3.8, 4) is 28.9 Å². The molecule has 2 aromatic heterocycles. The Bertz CT molecular complexity index is 1480. The lowest BCUT2D eigenvalue weighted by Gasteiger charge is -2.19. The third kappa shape index (κ3) is 5.55. The first-order chi connectivity index (χ1) is 17.1. The number of benzene rings is 2. The van der Waals surface area contributed by atoms with Gasteiger partial charge in [-0.05, 0) is 41.3 Å². The lowest BCUT2D eigenvalue weighted by molar-refractivity contribution is 0.378. The number of sulfonamides is 1. The van der Waals surface area contributed by atoms with Crippen molar-refractivity contribution in [3.05, 3.63) is 77.7 Å². The summed E-state index contributed by atoms with van der Waals surface area (Å²) in [5.41, 5.74) is 0.867. The fraction of sp³-hybridized carbons (Fsp3) is 0.200. The number of para-hydroxylation sites is 2. The molecule has 0 atom stereocenters. The van der Waals surface area contributed by atoms with Crippen molar-refractivity contribution in [2.24, 2.45) is 0 Å². The number of aromatic nitrogens is 4. The van der Waals surface area contributed by atoms with Crippen molar-refractivity contribution in [3.63, 3.8) is 0 Å². The summed E-state index contributed by atoms with van der Waals surface area (Å²) in [6.45, 7) is 6.14. The van der Waals surface area contributed by atoms with Crippen LogP contribution in [-0.4, -0.2) is 35.5 Å². The van der Waals surface area contributed by atoms with E-state index < -0.39 is 10.0 Å². The average molecular weight is 526 g/mol. The SMILES string of the molecule is COc1ccccc1Oc1c(Cl)nc(-c2ncccn2)nc1NS(=O)(=O)c1ccc(C(C)(C)C)cc1. The Labute approximate surface area is 214 Å². The van der Waals surface area contributed by atoms with Gasteiger partial charge in [-0.25, -0.2) is 28.4 Å². The number of hydrogen-bond acceptors (Lipinski definition) is 8. The van der Waals surface area contributed by atoms with Gasteiger partial charge in [0.15, 0.2) is 28.3 Å². The minimum absolute atomic E-state index is 0.0220. The zero-order chi connectivity index (χ0) is 25.9. The van der Waals surface area contributed by atoms with E-state index in [2.05, 4.69) is 24.7 Å². The molecule has 0 amide bonds. The van der Waals surface area contributed by atoms with Gasteiger partial charge in [-0.15, -0.1) is 0 Å². The standard InChI is InChI=1S/C25H24ClN5O4S/c1-25(2,3)16-10-12-17(13-11-16)36(32,33)31-22-20(35-19-9-6-5-8-18(19)34-4)21(26)29-24(30-22)23-27-14-7-15-28-23/h5-15H,1-4H3,(H,29,30,31). The summed E-state index contributed by atoms with van der Waals surface area (Å²) < 4.78 is 40.4. The topological polar surface area (TPSA) is 116 Å². The van der Waals surface area contributed by atoms with Crippen LogP contribution in [0, 0.1) is 0 Å². The summed E-state index contributed by atoms with van der Waals surface area (Å²) in [7, 11) is -2.59. The monoisotopic (exact) mass is 525 g/mol. The maximum Gasteiger partial charge on any atom is 0.263 e. The second-order valence-corrected chi connectivity index (χ2v) is 10.8. The van der Waals surface area contributed by atoms with Gasteiger partial charge in [-0.3, -0.25) is 4.72 Å². The molecule has 0 saturated carbocycles. The molecular formula is C25H24ClN5O4S. The smallest absolute Gasteiger partial charge is 0.263 e. The summed E-state index contributed by atoms with van der Waals surface area (Å²) in [5, 5.41) is -0.140. The normalized spacial score (nSPS) is 11.7. The Kier molecular flexibility index (Phi) is 7.09. The van der Waals surface area contributed by atoms with E-state index in [4.69, 9.17) is 21.1 Å². The van der Waals surface area contributed by atoms with E-state index in [1.54, 1.807) is 42.5 Å². The molecule has 2 heterocycles. The maximum atomic E-state index is 13.3. The molecule has 0 spiro atoms. The molecule has 4 rings (SSSR count). The molecule has 1 N–H and O–H groups in total. The fourth-order valence-corrected chi connectivity index (χ4v) is 4.44. The first kappa shape index (κ1) is 25.3. The van der Waals surface area contributed by atoms with Crippen LogP contribution in [0.25, 0.3) is 11.6 Å². The second-order valence-electron chi connectivity index (χ2n) is 8.72. The summed E-state index contributed by atoms with van der Waals surface area (Å²) in [6, 6.07) is 15.1. The highest BCUT2D eigenvalue weighted by Gasteiger charge is 2.24. The molecule has 0 saturated heterocycles. The van der Waals surface area contributed by atoms with Crippen molar-refractivity contribution in [1.82, 2.24) is 19.9 Å². The number of halogens is 1. The van der Waals surface area contributed by atoms with Crippen molar-refractivity contribution in [1.29, 1.82) is 0 Å². The molecule has 0 aliphatic carbocycles. The van der Waals surface area contributed by atoms with Gasteiger partial charge in [0.1, 0.15) is 0 Å². The molecule has 0 bridgehead atoms. The molecule has 2 aromatic carbocycles. The molecule has 9 nitrogen and oxygen atoms in total. The van der Waals surface area contributed by atoms with Gasteiger partial charge in [0.05, 0.1) is 12.0 Å². The van der Waals surface area contributed by atoms with Gasteiger partial charge in [0.25, 0.3) is 10.0 Å². The Morgan fingerprint density at radius 3 is 2.11 bits per heavy atom. The van der Waals surface area contributed by atoms with Crippen molar-refractivity contribution < 1.29 is 17.9 Å². The molecule has 36 heavy (non-hydrogen) atoms. The van der Waals surface area contributed by atoms with E-state index >= 15 is 0 Å². The number of nitrogens with zero attached hydrogens (tertiary/aromatic N) is 4. The molecular weight excluding hydrogens is 502 g/mol. The predicted octanol–water partition coefficient (Wildman–Crippen LogP) is 5.49. The Hall–Kier alpha value is -3.76. The van der Waals surface area contributed by atoms with E-state index in [0.717, 1.165) is 5.56 Å². The van der Waals surface area contributed by atoms with Crippen LogP contribution in [0.3, 0.4) is 0 Å². The minimum Gasteiger partial charge on any atom is -0.493 e. The zero-order valence-corrected chi connectivity index (χ0v) is 21.6. The molecule has 0 aliphatic rings. The lowest BCUT2D eigenvalue weighted by Crippen LogP contribution is -2.17. The first-order valence-electron chi connectivity index (χ1n) is 10.9. The number of methoxy groups -OCH3 is 1. The van der Waals surface area contributed by atoms with E-state index in [1.807, 2.05) is 20.8 Å². The first-order valence-corrected chi connectivity index (χ1v) is 12.7. The number of ether oxygens (including phenoxy) is 2. The lowest BCUT2D eigenvalue weighted by atomic mass is 9.87. The van der Waals surface area contributed by atoms with E-state index in [0.29, 0.717) is 11.5 Å². The summed E-state index contributed by atoms with van der Waals surface area (Å²) in [6.07, 6.45) is 3.03. The van der Waals surface area contributed by atoms with E-state index in [-0.39, 0.29) is 38.7 Å². The van der Waals surface area contributed by atoms with Crippen molar-refractivity contribution in [2.45, 2.75) is 31.1 Å². The van der Waals surface area contributed by atoms with Crippen molar-refractivity contribution in [2.75, 3.05) is 11.8 Å². The summed E-state index contributed by atoms with van der Waals surface area (Å²) >= 11 is 6.47. The van der Waals surface area contributed by atoms with Gasteiger partial charge < -0.3 is 9.47 Å². The number of anilines is 1. The zero-order valence-electron chi connectivity index (χ0n) is 20.1. The average Bonchev–Trinajstić information content (AvgIpc) is 2.86. The van der Waals surface area contributed by atoms with Gasteiger partial charge in [-0.1, -0.05) is 56.6 Å². The Balaban J connectivity index is 1.79. The third-order valence-corrected chi connectivity index (χ3v) is 6.74. The molecule has 0 radical (unpaired) electrons. The second kappa shape index (κ2) is 10.1. The highest BCUT2D eigenvalue weighted by molar-refractivity contribution is 7.92. The van der Waals surface area contributed by atoms with E-state index in [1.165, 1.54) is 31.6 Å². The highest BCUT2D eigenvalue weighted by Crippen LogP contribution is 2.39. The van der Waals surface area contributed by atoms with Crippen LogP contribution in [0.15, 0.2) is 71.9 Å². The van der Waals surface area contributed by atoms with Crippen LogP contribution in [0.2, 0.25) is 5.15 Å². The largest absolute Gasteiger partial charge is 0.493 e. The van der Waals surface area contributed by atoms with E-state index in [9.17, 15) is 8.42 Å². The van der Waals surface area contributed by atoms with Crippen LogP contribution in [0.5, 0.6) is 17.2 Å². The molecule has 0 unspecified atom stereocenters. The van der Waals surface area contributed by atoms with Crippen molar-refractivity contribution >= 4 is 27.4 Å². The molecule has 0 fully saturated rings. The quantitative estimate of drug-likeness (QED) is 0.315. The third-order valence-electron chi connectivity index (χ3n) is 5.13. The van der Waals surface area contributed by atoms with Crippen LogP contribution in [0.1, 0.15) is 26.3 Å². The van der Waals surface area contributed by atoms with Crippen LogP contribution in [-0.2, 0) is 15.4 Å². The Morgan fingerprint density at radius 1 is 0.861 bits per heavy atom. The predicted molar refractivity (Wildman–Crippen MR) is 137 cm³/mol. The number of hydrogen-bond donors (Lipinski definition) is 1. The molecule has 4 aromatic rings. The van der Waals surface area contributed by atoms with Gasteiger partial charge in [0.2, 0.25) is 11.6 Å².